The number of hydrogen-bond donors (Lipinski definition) is 8. The standard InChI is InChI=1S/C57H86N10O8/c1-33(58-11)49(70)64-47(55(3,4)5)53(74)66-31-37(27-43(66)51(72)62-41-25-17-21-35-19-13-15-23-39(35)41)60-45(68)29-57(9,10)30-46(69)61-38-28-44(52(73)63-42-26-18-22-36-20-14-16-24-40(36)42)67(32-38)54(75)48(56(6,7)8)65-50(71)34(2)59-12/h13-16,19-20,23-24,33-34,37-38,41-44,47-48,58-59H,17-18,21-22,25-32H2,1-12H3,(H,60,68)(H,61,69)(H,62,72)(H,63,73)(H,64,70)(H,65,71)/t33-,34-,37-,38-,41+,42+,43-,44?,47-,48-/m0/s1. The molecule has 0 bridgehead atoms. The van der Waals surface area contributed by atoms with Gasteiger partial charge in [0.15, 0.2) is 0 Å². The Morgan fingerprint density at radius 3 is 1.25 bits per heavy atom. The summed E-state index contributed by atoms with van der Waals surface area (Å²) in [5.41, 5.74) is 2.11. The van der Waals surface area contributed by atoms with E-state index >= 15 is 0 Å². The summed E-state index contributed by atoms with van der Waals surface area (Å²) in [6.07, 6.45) is 5.25. The van der Waals surface area contributed by atoms with Crippen molar-refractivity contribution in [1.82, 2.24) is 52.3 Å². The zero-order chi connectivity index (χ0) is 55.2. The summed E-state index contributed by atoms with van der Waals surface area (Å²) in [6, 6.07) is 9.36. The van der Waals surface area contributed by atoms with E-state index in [4.69, 9.17) is 0 Å². The molecule has 2 fully saturated rings. The van der Waals surface area contributed by atoms with Crippen LogP contribution in [0.5, 0.6) is 0 Å². The van der Waals surface area contributed by atoms with Gasteiger partial charge in [-0.1, -0.05) is 104 Å². The third-order valence-corrected chi connectivity index (χ3v) is 15.6. The van der Waals surface area contributed by atoms with Crippen molar-refractivity contribution in [2.24, 2.45) is 16.2 Å². The number of likely N-dealkylation sites (N-methyl/N-ethyl adjacent to an activating group) is 2. The van der Waals surface area contributed by atoms with Crippen LogP contribution in [0.15, 0.2) is 48.5 Å². The molecule has 412 valence electrons. The summed E-state index contributed by atoms with van der Waals surface area (Å²) in [5.74, 6) is -2.98. The third-order valence-electron chi connectivity index (χ3n) is 15.6. The molecular weight excluding hydrogens is 953 g/mol. The van der Waals surface area contributed by atoms with Gasteiger partial charge in [-0.25, -0.2) is 0 Å². The Balaban J connectivity index is 1.15. The van der Waals surface area contributed by atoms with Crippen LogP contribution < -0.4 is 42.5 Å². The lowest BCUT2D eigenvalue weighted by Crippen LogP contribution is -2.59. The topological polar surface area (TPSA) is 239 Å². The molecule has 2 heterocycles. The van der Waals surface area contributed by atoms with Crippen molar-refractivity contribution in [3.05, 3.63) is 70.8 Å². The summed E-state index contributed by atoms with van der Waals surface area (Å²) >= 11 is 0. The molecule has 0 spiro atoms. The van der Waals surface area contributed by atoms with Crippen LogP contribution in [0.4, 0.5) is 0 Å². The van der Waals surface area contributed by atoms with Crippen molar-refractivity contribution >= 4 is 47.3 Å². The maximum atomic E-state index is 14.7. The molecular formula is C57H86N10O8. The number of carbonyl (C=O) groups is 8. The van der Waals surface area contributed by atoms with E-state index < -0.39 is 76.4 Å². The Bertz CT molecular complexity index is 2270. The fourth-order valence-electron chi connectivity index (χ4n) is 11.1. The Kier molecular flexibility index (Phi) is 19.0. The molecule has 0 saturated carbocycles. The Morgan fingerprint density at radius 1 is 0.547 bits per heavy atom. The number of nitrogens with one attached hydrogen (secondary N) is 8. The predicted molar refractivity (Wildman–Crippen MR) is 287 cm³/mol. The van der Waals surface area contributed by atoms with Gasteiger partial charge >= 0.3 is 0 Å². The molecule has 75 heavy (non-hydrogen) atoms. The number of rotatable bonds is 18. The average molecular weight is 1040 g/mol. The van der Waals surface area contributed by atoms with Crippen molar-refractivity contribution in [1.29, 1.82) is 0 Å². The number of nitrogens with zero attached hydrogens (tertiary/aromatic N) is 2. The number of hydrogen-bond acceptors (Lipinski definition) is 10. The number of carbonyl (C=O) groups excluding carboxylic acids is 8. The number of likely N-dealkylation sites (tertiary alicyclic amines) is 2. The lowest BCUT2D eigenvalue weighted by atomic mass is 9.84. The van der Waals surface area contributed by atoms with Gasteiger partial charge in [0.05, 0.1) is 24.2 Å². The van der Waals surface area contributed by atoms with Gasteiger partial charge in [-0.05, 0) is 118 Å². The maximum absolute atomic E-state index is 14.7. The zero-order valence-corrected chi connectivity index (χ0v) is 46.5. The van der Waals surface area contributed by atoms with Gasteiger partial charge in [0.1, 0.15) is 24.2 Å². The molecule has 8 N–H and O–H groups in total. The lowest BCUT2D eigenvalue weighted by molar-refractivity contribution is -0.144. The largest absolute Gasteiger partial charge is 0.351 e. The molecule has 0 aromatic heterocycles. The number of benzene rings is 2. The summed E-state index contributed by atoms with van der Waals surface area (Å²) in [5, 5.41) is 24.3. The average Bonchev–Trinajstić information content (AvgIpc) is 3.97. The summed E-state index contributed by atoms with van der Waals surface area (Å²) in [4.78, 5) is 116. The molecule has 2 aliphatic heterocycles. The van der Waals surface area contributed by atoms with E-state index in [-0.39, 0.29) is 86.3 Å². The first kappa shape index (κ1) is 58.4. The number of amides is 8. The molecule has 0 radical (unpaired) electrons. The van der Waals surface area contributed by atoms with Gasteiger partial charge in [0, 0.05) is 38.0 Å². The molecule has 18 nitrogen and oxygen atoms in total. The van der Waals surface area contributed by atoms with Crippen molar-refractivity contribution < 1.29 is 38.4 Å². The minimum absolute atomic E-state index is 0.0298. The van der Waals surface area contributed by atoms with Crippen LogP contribution in [-0.2, 0) is 51.2 Å². The highest BCUT2D eigenvalue weighted by atomic mass is 16.2. The van der Waals surface area contributed by atoms with E-state index in [1.807, 2.05) is 91.8 Å². The Hall–Kier alpha value is -5.88. The third kappa shape index (κ3) is 14.7. The molecule has 2 aromatic carbocycles. The van der Waals surface area contributed by atoms with Crippen LogP contribution in [0.2, 0.25) is 0 Å². The zero-order valence-electron chi connectivity index (χ0n) is 46.5. The number of fused-ring (bicyclic) bond motifs is 2. The van der Waals surface area contributed by atoms with Crippen LogP contribution in [0.1, 0.15) is 155 Å². The van der Waals surface area contributed by atoms with Crippen LogP contribution in [0.25, 0.3) is 0 Å². The first-order valence-corrected chi connectivity index (χ1v) is 27.1. The SMILES string of the molecule is CN[C@@H](C)C(=O)N[C@@H](C(=O)N1C[C@@H](NC(=O)CC(C)(C)CC(=O)N[C@H]2C[C@@H](C(=O)N[C@@H]3CCCc4ccccc43)N(C(=O)[C@H](NC(=O)[C@H](C)NC)C(C)(C)C)C2)CC1C(=O)N[C@@H]1CCCc2ccccc21)C(C)(C)C. The van der Waals surface area contributed by atoms with E-state index in [1.54, 1.807) is 27.9 Å². The van der Waals surface area contributed by atoms with E-state index in [9.17, 15) is 38.4 Å². The van der Waals surface area contributed by atoms with E-state index in [2.05, 4.69) is 54.7 Å². The van der Waals surface area contributed by atoms with E-state index in [0.29, 0.717) is 0 Å². The van der Waals surface area contributed by atoms with Crippen LogP contribution in [0, 0.1) is 16.2 Å². The van der Waals surface area contributed by atoms with Crippen LogP contribution >= 0.6 is 0 Å². The molecule has 2 saturated heterocycles. The van der Waals surface area contributed by atoms with Gasteiger partial charge in [-0.3, -0.25) is 38.4 Å². The second-order valence-corrected chi connectivity index (χ2v) is 24.5. The minimum Gasteiger partial charge on any atom is -0.351 e. The van der Waals surface area contributed by atoms with Crippen molar-refractivity contribution in [2.75, 3.05) is 27.2 Å². The lowest BCUT2D eigenvalue weighted by Gasteiger charge is -2.36. The highest BCUT2D eigenvalue weighted by Gasteiger charge is 2.48. The molecule has 18 heteroatoms. The van der Waals surface area contributed by atoms with E-state index in [1.165, 1.54) is 20.9 Å². The highest BCUT2D eigenvalue weighted by molar-refractivity contribution is 5.96. The molecule has 8 amide bonds. The van der Waals surface area contributed by atoms with Crippen molar-refractivity contribution in [2.45, 2.75) is 194 Å². The summed E-state index contributed by atoms with van der Waals surface area (Å²) in [7, 11) is 3.32. The van der Waals surface area contributed by atoms with Crippen molar-refractivity contribution in [3.8, 4) is 0 Å². The van der Waals surface area contributed by atoms with Gasteiger partial charge in [-0.15, -0.1) is 0 Å². The Morgan fingerprint density at radius 2 is 0.907 bits per heavy atom. The number of aryl methyl sites for hydroxylation is 2. The molecule has 10 atom stereocenters. The fourth-order valence-corrected chi connectivity index (χ4v) is 11.1. The smallest absolute Gasteiger partial charge is 0.246 e. The molecule has 4 aliphatic rings. The van der Waals surface area contributed by atoms with Crippen LogP contribution in [-0.4, -0.2) is 133 Å². The molecule has 2 aromatic rings. The van der Waals surface area contributed by atoms with Crippen molar-refractivity contribution in [3.63, 3.8) is 0 Å². The molecule has 2 aliphatic carbocycles. The highest BCUT2D eigenvalue weighted by Crippen LogP contribution is 2.34. The normalized spacial score (nSPS) is 23.3. The van der Waals surface area contributed by atoms with Gasteiger partial charge in [-0.2, -0.15) is 0 Å². The predicted octanol–water partition coefficient (Wildman–Crippen LogP) is 3.63. The fraction of sp³-hybridized carbons (Fsp3) is 0.649. The first-order chi connectivity index (χ1) is 35.2. The van der Waals surface area contributed by atoms with Gasteiger partial charge in [0.25, 0.3) is 0 Å². The monoisotopic (exact) mass is 1040 g/mol. The van der Waals surface area contributed by atoms with Gasteiger partial charge < -0.3 is 52.3 Å². The Labute approximate surface area is 444 Å². The second-order valence-electron chi connectivity index (χ2n) is 24.5. The summed E-state index contributed by atoms with van der Waals surface area (Å²) < 4.78 is 0. The van der Waals surface area contributed by atoms with Gasteiger partial charge in [0.2, 0.25) is 47.3 Å². The summed E-state index contributed by atoms with van der Waals surface area (Å²) in [6.45, 7) is 18.2. The maximum Gasteiger partial charge on any atom is 0.246 e. The quantitative estimate of drug-likeness (QED) is 0.108. The first-order valence-electron chi connectivity index (χ1n) is 27.1. The second kappa shape index (κ2) is 24.4. The van der Waals surface area contributed by atoms with Crippen LogP contribution in [0.3, 0.4) is 0 Å². The molecule has 1 unspecified atom stereocenters. The molecule has 6 rings (SSSR count). The van der Waals surface area contributed by atoms with E-state index in [0.717, 1.165) is 49.7 Å². The minimum atomic E-state index is -0.976.